The number of hydrogen-bond donors (Lipinski definition) is 0. The Hall–Kier alpha value is -2.75. The van der Waals surface area contributed by atoms with Crippen molar-refractivity contribution < 1.29 is 9.53 Å². The predicted octanol–water partition coefficient (Wildman–Crippen LogP) is 5.49. The van der Waals surface area contributed by atoms with Crippen molar-refractivity contribution >= 4 is 16.8 Å². The van der Waals surface area contributed by atoms with Crippen LogP contribution in [0.4, 0.5) is 0 Å². The molecular formula is C27H32N2O2. The van der Waals surface area contributed by atoms with E-state index in [1.807, 2.05) is 12.1 Å². The summed E-state index contributed by atoms with van der Waals surface area (Å²) in [5.74, 6) is 1.51. The highest BCUT2D eigenvalue weighted by Crippen LogP contribution is 2.33. The SMILES string of the molecule is Cc1ccc(OCCn2c3c(c4ccccc42)CCN(C(=O)C2CCCCC2)C3)cc1. The summed E-state index contributed by atoms with van der Waals surface area (Å²) in [5.41, 5.74) is 5.20. The normalized spacial score (nSPS) is 17.0. The van der Waals surface area contributed by atoms with Crippen LogP contribution in [0, 0.1) is 12.8 Å². The molecule has 31 heavy (non-hydrogen) atoms. The number of fused-ring (bicyclic) bond motifs is 3. The molecule has 0 spiro atoms. The molecule has 2 heterocycles. The van der Waals surface area contributed by atoms with E-state index >= 15 is 0 Å². The Labute approximate surface area is 184 Å². The highest BCUT2D eigenvalue weighted by molar-refractivity contribution is 5.87. The van der Waals surface area contributed by atoms with Crippen molar-refractivity contribution in [2.45, 2.75) is 58.5 Å². The molecule has 5 rings (SSSR count). The number of rotatable bonds is 5. The van der Waals surface area contributed by atoms with Gasteiger partial charge in [-0.3, -0.25) is 4.79 Å². The molecule has 2 aromatic carbocycles. The first-order chi connectivity index (χ1) is 15.2. The van der Waals surface area contributed by atoms with Gasteiger partial charge in [-0.05, 0) is 49.9 Å². The summed E-state index contributed by atoms with van der Waals surface area (Å²) in [6, 6.07) is 16.9. The first kappa shape index (κ1) is 20.2. The summed E-state index contributed by atoms with van der Waals surface area (Å²) in [5, 5.41) is 1.33. The van der Waals surface area contributed by atoms with E-state index in [0.29, 0.717) is 12.5 Å². The molecule has 1 fully saturated rings. The molecule has 1 aromatic heterocycles. The minimum atomic E-state index is 0.234. The number of para-hydroxylation sites is 1. The van der Waals surface area contributed by atoms with Crippen molar-refractivity contribution in [1.29, 1.82) is 0 Å². The van der Waals surface area contributed by atoms with Crippen LogP contribution in [0.15, 0.2) is 48.5 Å². The van der Waals surface area contributed by atoms with Crippen LogP contribution in [0.3, 0.4) is 0 Å². The van der Waals surface area contributed by atoms with Crippen LogP contribution in [-0.4, -0.2) is 28.5 Å². The summed E-state index contributed by atoms with van der Waals surface area (Å²) < 4.78 is 8.43. The molecule has 4 heteroatoms. The van der Waals surface area contributed by atoms with Gasteiger partial charge < -0.3 is 14.2 Å². The highest BCUT2D eigenvalue weighted by Gasteiger charge is 2.31. The molecule has 0 atom stereocenters. The smallest absolute Gasteiger partial charge is 0.226 e. The second-order valence-corrected chi connectivity index (χ2v) is 9.10. The number of carbonyl (C=O) groups excluding carboxylic acids is 1. The van der Waals surface area contributed by atoms with E-state index in [-0.39, 0.29) is 5.92 Å². The molecule has 0 unspecified atom stereocenters. The third kappa shape index (κ3) is 4.08. The molecule has 1 aliphatic carbocycles. The molecule has 0 N–H and O–H groups in total. The van der Waals surface area contributed by atoms with Crippen molar-refractivity contribution in [3.8, 4) is 5.75 Å². The van der Waals surface area contributed by atoms with Crippen molar-refractivity contribution in [3.05, 3.63) is 65.4 Å². The molecule has 4 nitrogen and oxygen atoms in total. The van der Waals surface area contributed by atoms with Crippen LogP contribution in [0.1, 0.15) is 48.9 Å². The fourth-order valence-electron chi connectivity index (χ4n) is 5.33. The van der Waals surface area contributed by atoms with Crippen molar-refractivity contribution in [3.63, 3.8) is 0 Å². The van der Waals surface area contributed by atoms with E-state index in [9.17, 15) is 4.79 Å². The van der Waals surface area contributed by atoms with Crippen molar-refractivity contribution in [2.24, 2.45) is 5.92 Å². The molecule has 0 radical (unpaired) electrons. The number of nitrogens with zero attached hydrogens (tertiary/aromatic N) is 2. The molecule has 1 amide bonds. The second-order valence-electron chi connectivity index (χ2n) is 9.10. The van der Waals surface area contributed by atoms with Crippen molar-refractivity contribution in [2.75, 3.05) is 13.2 Å². The molecule has 0 bridgehead atoms. The van der Waals surface area contributed by atoms with Gasteiger partial charge in [0, 0.05) is 29.1 Å². The van der Waals surface area contributed by atoms with E-state index in [4.69, 9.17) is 4.74 Å². The summed E-state index contributed by atoms with van der Waals surface area (Å²) in [7, 11) is 0. The number of ether oxygens (including phenoxy) is 1. The monoisotopic (exact) mass is 416 g/mol. The van der Waals surface area contributed by atoms with Gasteiger partial charge in [0.15, 0.2) is 0 Å². The van der Waals surface area contributed by atoms with Gasteiger partial charge >= 0.3 is 0 Å². The summed E-state index contributed by atoms with van der Waals surface area (Å²) in [6.45, 7) is 5.06. The van der Waals surface area contributed by atoms with Gasteiger partial charge in [0.1, 0.15) is 12.4 Å². The summed E-state index contributed by atoms with van der Waals surface area (Å²) >= 11 is 0. The zero-order chi connectivity index (χ0) is 21.2. The summed E-state index contributed by atoms with van der Waals surface area (Å²) in [4.78, 5) is 15.3. The number of amides is 1. The molecule has 2 aliphatic rings. The molecule has 162 valence electrons. The van der Waals surface area contributed by atoms with Gasteiger partial charge in [-0.2, -0.15) is 0 Å². The molecule has 0 saturated heterocycles. The van der Waals surface area contributed by atoms with E-state index in [0.717, 1.165) is 44.6 Å². The number of carbonyl (C=O) groups is 1. The third-order valence-corrected chi connectivity index (χ3v) is 7.04. The van der Waals surface area contributed by atoms with Crippen LogP contribution in [0.5, 0.6) is 5.75 Å². The maximum absolute atomic E-state index is 13.2. The minimum absolute atomic E-state index is 0.234. The van der Waals surface area contributed by atoms with Crippen LogP contribution in [-0.2, 0) is 24.3 Å². The lowest BCUT2D eigenvalue weighted by Crippen LogP contribution is -2.41. The van der Waals surface area contributed by atoms with Gasteiger partial charge in [0.05, 0.1) is 13.1 Å². The lowest BCUT2D eigenvalue weighted by molar-refractivity contribution is -0.137. The predicted molar refractivity (Wildman–Crippen MR) is 124 cm³/mol. The van der Waals surface area contributed by atoms with Crippen LogP contribution in [0.2, 0.25) is 0 Å². The lowest BCUT2D eigenvalue weighted by atomic mass is 9.87. The van der Waals surface area contributed by atoms with Gasteiger partial charge in [0.2, 0.25) is 5.91 Å². The maximum atomic E-state index is 13.2. The van der Waals surface area contributed by atoms with Gasteiger partial charge in [-0.1, -0.05) is 55.2 Å². The number of aryl methyl sites for hydroxylation is 1. The van der Waals surface area contributed by atoms with E-state index in [1.54, 1.807) is 0 Å². The van der Waals surface area contributed by atoms with Crippen molar-refractivity contribution in [1.82, 2.24) is 9.47 Å². The first-order valence-electron chi connectivity index (χ1n) is 11.8. The average Bonchev–Trinajstić information content (AvgIpc) is 3.13. The maximum Gasteiger partial charge on any atom is 0.226 e. The Morgan fingerprint density at radius 2 is 1.81 bits per heavy atom. The Kier molecular flexibility index (Phi) is 5.71. The molecule has 1 saturated carbocycles. The fraction of sp³-hybridized carbons (Fsp3) is 0.444. The Morgan fingerprint density at radius 3 is 2.61 bits per heavy atom. The van der Waals surface area contributed by atoms with E-state index in [2.05, 4.69) is 52.8 Å². The molecule has 1 aliphatic heterocycles. The standard InChI is InChI=1S/C27H32N2O2/c1-20-11-13-22(14-12-20)31-18-17-29-25-10-6-5-9-23(25)24-15-16-28(19-26(24)29)27(30)21-7-3-2-4-8-21/h5-6,9-14,21H,2-4,7-8,15-19H2,1H3. The van der Waals surface area contributed by atoms with Crippen LogP contribution in [0.25, 0.3) is 10.9 Å². The average molecular weight is 417 g/mol. The van der Waals surface area contributed by atoms with E-state index < -0.39 is 0 Å². The minimum Gasteiger partial charge on any atom is -0.492 e. The quantitative estimate of drug-likeness (QED) is 0.551. The van der Waals surface area contributed by atoms with E-state index in [1.165, 1.54) is 47.0 Å². The largest absolute Gasteiger partial charge is 0.492 e. The third-order valence-electron chi connectivity index (χ3n) is 7.04. The summed E-state index contributed by atoms with van der Waals surface area (Å²) in [6.07, 6.45) is 6.76. The molecule has 3 aromatic rings. The zero-order valence-electron chi connectivity index (χ0n) is 18.5. The lowest BCUT2D eigenvalue weighted by Gasteiger charge is -2.33. The number of aromatic nitrogens is 1. The van der Waals surface area contributed by atoms with Gasteiger partial charge in [0.25, 0.3) is 0 Å². The fourth-order valence-corrected chi connectivity index (χ4v) is 5.33. The highest BCUT2D eigenvalue weighted by atomic mass is 16.5. The van der Waals surface area contributed by atoms with Gasteiger partial charge in [-0.25, -0.2) is 0 Å². The molecular weight excluding hydrogens is 384 g/mol. The number of benzene rings is 2. The Bertz CT molecular complexity index is 1060. The Balaban J connectivity index is 1.37. The zero-order valence-corrected chi connectivity index (χ0v) is 18.5. The van der Waals surface area contributed by atoms with Gasteiger partial charge in [-0.15, -0.1) is 0 Å². The Morgan fingerprint density at radius 1 is 1.03 bits per heavy atom. The topological polar surface area (TPSA) is 34.5 Å². The first-order valence-corrected chi connectivity index (χ1v) is 11.8. The van der Waals surface area contributed by atoms with Crippen LogP contribution >= 0.6 is 0 Å². The second kappa shape index (κ2) is 8.78. The number of hydrogen-bond acceptors (Lipinski definition) is 2. The van der Waals surface area contributed by atoms with Crippen LogP contribution < -0.4 is 4.74 Å².